The standard InChI is InChI=1S/C23H25N5O3S2/c1-12-18(22-27-15-6-2-3-7-17(15)33-22)21(26-16-9-13(11-29)19(30)20(16)31)28-23(25-12)24-10-14-5-4-8-32-14/h2-8,13,16,19-20,29-31H,9-11H2,1H3,(H2,24,25,26,28)/t13-,16-,19-,20+/m1/s1. The van der Waals surface area contributed by atoms with Crippen LogP contribution in [0.25, 0.3) is 20.8 Å². The van der Waals surface area contributed by atoms with E-state index in [0.717, 1.165) is 26.5 Å². The van der Waals surface area contributed by atoms with E-state index in [0.29, 0.717) is 24.7 Å². The maximum absolute atomic E-state index is 10.6. The summed E-state index contributed by atoms with van der Waals surface area (Å²) in [5.74, 6) is 0.632. The van der Waals surface area contributed by atoms with Crippen LogP contribution in [0.5, 0.6) is 0 Å². The van der Waals surface area contributed by atoms with Crippen LogP contribution in [-0.2, 0) is 6.54 Å². The monoisotopic (exact) mass is 483 g/mol. The second kappa shape index (κ2) is 9.32. The number of nitrogens with zero attached hydrogens (tertiary/aromatic N) is 3. The lowest BCUT2D eigenvalue weighted by Gasteiger charge is -2.21. The number of fused-ring (bicyclic) bond motifs is 1. The molecule has 0 radical (unpaired) electrons. The Morgan fingerprint density at radius 2 is 1.91 bits per heavy atom. The molecule has 4 aromatic rings. The fourth-order valence-corrected chi connectivity index (χ4v) is 5.90. The molecule has 0 saturated heterocycles. The molecule has 1 saturated carbocycles. The summed E-state index contributed by atoms with van der Waals surface area (Å²) in [6, 6.07) is 11.5. The number of thiophene rings is 1. The first kappa shape index (κ1) is 22.2. The van der Waals surface area contributed by atoms with Gasteiger partial charge in [-0.2, -0.15) is 4.98 Å². The van der Waals surface area contributed by atoms with Crippen molar-refractivity contribution in [2.45, 2.75) is 38.1 Å². The van der Waals surface area contributed by atoms with E-state index >= 15 is 0 Å². The van der Waals surface area contributed by atoms with Crippen molar-refractivity contribution in [3.05, 3.63) is 52.3 Å². The minimum atomic E-state index is -1.01. The molecular formula is C23H25N5O3S2. The predicted molar refractivity (Wildman–Crippen MR) is 132 cm³/mol. The summed E-state index contributed by atoms with van der Waals surface area (Å²) >= 11 is 3.21. The summed E-state index contributed by atoms with van der Waals surface area (Å²) in [6.07, 6.45) is -1.57. The van der Waals surface area contributed by atoms with Crippen LogP contribution in [0.15, 0.2) is 41.8 Å². The average molecular weight is 484 g/mol. The summed E-state index contributed by atoms with van der Waals surface area (Å²) in [5, 5.41) is 39.8. The lowest BCUT2D eigenvalue weighted by molar-refractivity contribution is 0.00446. The second-order valence-electron chi connectivity index (χ2n) is 8.19. The third-order valence-corrected chi connectivity index (χ3v) is 7.89. The Morgan fingerprint density at radius 1 is 1.06 bits per heavy atom. The minimum Gasteiger partial charge on any atom is -0.396 e. The van der Waals surface area contributed by atoms with Gasteiger partial charge in [-0.25, -0.2) is 9.97 Å². The molecule has 0 spiro atoms. The number of anilines is 2. The molecule has 3 heterocycles. The summed E-state index contributed by atoms with van der Waals surface area (Å²) in [4.78, 5) is 15.4. The fraction of sp³-hybridized carbons (Fsp3) is 0.348. The van der Waals surface area contributed by atoms with Crippen LogP contribution in [0.4, 0.5) is 11.8 Å². The van der Waals surface area contributed by atoms with Crippen molar-refractivity contribution in [3.63, 3.8) is 0 Å². The molecular weight excluding hydrogens is 458 g/mol. The average Bonchev–Trinajstić information content (AvgIpc) is 3.53. The third-order valence-electron chi connectivity index (χ3n) is 5.96. The zero-order valence-electron chi connectivity index (χ0n) is 18.0. The Bertz CT molecular complexity index is 1210. The van der Waals surface area contributed by atoms with Gasteiger partial charge in [-0.15, -0.1) is 22.7 Å². The summed E-state index contributed by atoms with van der Waals surface area (Å²) in [5.41, 5.74) is 2.43. The quantitative estimate of drug-likeness (QED) is 0.271. The molecule has 8 nitrogen and oxygen atoms in total. The molecule has 0 unspecified atom stereocenters. The zero-order chi connectivity index (χ0) is 22.9. The van der Waals surface area contributed by atoms with Gasteiger partial charge in [0.1, 0.15) is 16.9 Å². The number of rotatable bonds is 7. The first-order valence-electron chi connectivity index (χ1n) is 10.8. The van der Waals surface area contributed by atoms with Crippen molar-refractivity contribution in [2.75, 3.05) is 17.2 Å². The summed E-state index contributed by atoms with van der Waals surface area (Å²) in [6.45, 7) is 2.34. The van der Waals surface area contributed by atoms with Gasteiger partial charge < -0.3 is 26.0 Å². The van der Waals surface area contributed by atoms with Crippen molar-refractivity contribution in [1.82, 2.24) is 15.0 Å². The van der Waals surface area contributed by atoms with Crippen LogP contribution in [0.2, 0.25) is 0 Å². The molecule has 1 aliphatic carbocycles. The van der Waals surface area contributed by atoms with Crippen LogP contribution in [0, 0.1) is 12.8 Å². The van der Waals surface area contributed by atoms with Crippen LogP contribution in [0.3, 0.4) is 0 Å². The lowest BCUT2D eigenvalue weighted by atomic mass is 10.1. The summed E-state index contributed by atoms with van der Waals surface area (Å²) in [7, 11) is 0. The zero-order valence-corrected chi connectivity index (χ0v) is 19.6. The molecule has 1 aliphatic rings. The number of para-hydroxylation sites is 1. The lowest BCUT2D eigenvalue weighted by Crippen LogP contribution is -2.35. The number of nitrogens with one attached hydrogen (secondary N) is 2. The molecule has 33 heavy (non-hydrogen) atoms. The van der Waals surface area contributed by atoms with Gasteiger partial charge >= 0.3 is 0 Å². The highest BCUT2D eigenvalue weighted by atomic mass is 32.1. The van der Waals surface area contributed by atoms with E-state index < -0.39 is 18.2 Å². The Morgan fingerprint density at radius 3 is 2.64 bits per heavy atom. The van der Waals surface area contributed by atoms with E-state index in [1.807, 2.05) is 48.7 Å². The highest BCUT2D eigenvalue weighted by Gasteiger charge is 2.41. The highest BCUT2D eigenvalue weighted by molar-refractivity contribution is 7.21. The van der Waals surface area contributed by atoms with E-state index in [4.69, 9.17) is 9.97 Å². The molecule has 1 fully saturated rings. The van der Waals surface area contributed by atoms with Crippen molar-refractivity contribution >= 4 is 44.7 Å². The molecule has 172 valence electrons. The van der Waals surface area contributed by atoms with Gasteiger partial charge in [0.2, 0.25) is 5.95 Å². The Kier molecular flexibility index (Phi) is 6.26. The maximum atomic E-state index is 10.6. The largest absolute Gasteiger partial charge is 0.396 e. The van der Waals surface area contributed by atoms with E-state index in [9.17, 15) is 15.3 Å². The van der Waals surface area contributed by atoms with Gasteiger partial charge in [0.05, 0.1) is 40.2 Å². The number of hydrogen-bond donors (Lipinski definition) is 5. The number of aryl methyl sites for hydroxylation is 1. The van der Waals surface area contributed by atoms with E-state index in [-0.39, 0.29) is 12.5 Å². The number of thiazole rings is 1. The molecule has 5 N–H and O–H groups in total. The maximum Gasteiger partial charge on any atom is 0.225 e. The second-order valence-corrected chi connectivity index (χ2v) is 10.2. The van der Waals surface area contributed by atoms with E-state index in [2.05, 4.69) is 15.6 Å². The SMILES string of the molecule is Cc1nc(NCc2cccs2)nc(N[C@@H]2C[C@H](CO)[C@@H](O)[C@H]2O)c1-c1nc2ccccc2s1. The molecule has 4 atom stereocenters. The molecule has 0 aliphatic heterocycles. The Hall–Kier alpha value is -2.63. The molecule has 0 bridgehead atoms. The number of benzene rings is 1. The minimum absolute atomic E-state index is 0.183. The molecule has 5 rings (SSSR count). The number of aliphatic hydroxyl groups excluding tert-OH is 3. The van der Waals surface area contributed by atoms with Crippen LogP contribution in [-0.4, -0.2) is 55.1 Å². The number of aliphatic hydroxyl groups is 3. The molecule has 1 aromatic carbocycles. The predicted octanol–water partition coefficient (Wildman–Crippen LogP) is 3.25. The Balaban J connectivity index is 1.52. The van der Waals surface area contributed by atoms with Gasteiger partial charge in [0.25, 0.3) is 0 Å². The van der Waals surface area contributed by atoms with Crippen molar-refractivity contribution in [3.8, 4) is 10.6 Å². The van der Waals surface area contributed by atoms with E-state index in [1.54, 1.807) is 22.7 Å². The van der Waals surface area contributed by atoms with Gasteiger partial charge in [-0.1, -0.05) is 18.2 Å². The first-order chi connectivity index (χ1) is 16.0. The number of hydrogen-bond acceptors (Lipinski definition) is 10. The van der Waals surface area contributed by atoms with Gasteiger partial charge in [0, 0.05) is 17.4 Å². The van der Waals surface area contributed by atoms with Gasteiger partial charge in [-0.3, -0.25) is 0 Å². The Labute approximate surface area is 199 Å². The van der Waals surface area contributed by atoms with E-state index in [1.165, 1.54) is 4.88 Å². The highest BCUT2D eigenvalue weighted by Crippen LogP contribution is 2.38. The third kappa shape index (κ3) is 4.44. The van der Waals surface area contributed by atoms with Crippen LogP contribution in [0.1, 0.15) is 17.0 Å². The molecule has 3 aromatic heterocycles. The number of aromatic nitrogens is 3. The normalized spacial score (nSPS) is 22.7. The van der Waals surface area contributed by atoms with Gasteiger partial charge in [-0.05, 0) is 36.9 Å². The summed E-state index contributed by atoms with van der Waals surface area (Å²) < 4.78 is 1.06. The topological polar surface area (TPSA) is 123 Å². The smallest absolute Gasteiger partial charge is 0.225 e. The van der Waals surface area contributed by atoms with Crippen molar-refractivity contribution in [1.29, 1.82) is 0 Å². The molecule has 10 heteroatoms. The van der Waals surface area contributed by atoms with Crippen LogP contribution < -0.4 is 10.6 Å². The van der Waals surface area contributed by atoms with Crippen molar-refractivity contribution in [2.24, 2.45) is 5.92 Å². The van der Waals surface area contributed by atoms with Crippen molar-refractivity contribution < 1.29 is 15.3 Å². The van der Waals surface area contributed by atoms with Gasteiger partial charge in [0.15, 0.2) is 0 Å². The first-order valence-corrected chi connectivity index (χ1v) is 12.5. The van der Waals surface area contributed by atoms with Crippen LogP contribution >= 0.6 is 22.7 Å². The molecule has 0 amide bonds. The fourth-order valence-electron chi connectivity index (χ4n) is 4.20.